The molecule has 0 aliphatic carbocycles. The monoisotopic (exact) mass is 342 g/mol. The van der Waals surface area contributed by atoms with Gasteiger partial charge in [-0.25, -0.2) is 0 Å². The lowest BCUT2D eigenvalue weighted by Gasteiger charge is -2.09. The van der Waals surface area contributed by atoms with Crippen molar-refractivity contribution in [3.05, 3.63) is 59.7 Å². The van der Waals surface area contributed by atoms with Crippen molar-refractivity contribution in [3.63, 3.8) is 0 Å². The van der Waals surface area contributed by atoms with E-state index in [9.17, 15) is 18.0 Å². The Labute approximate surface area is 134 Å². The van der Waals surface area contributed by atoms with E-state index in [1.165, 1.54) is 12.1 Å². The molecule has 8 heteroatoms. The van der Waals surface area contributed by atoms with Crippen molar-refractivity contribution in [2.75, 3.05) is 5.43 Å². The van der Waals surface area contributed by atoms with Crippen LogP contribution < -0.4 is 10.2 Å². The highest BCUT2D eigenvalue weighted by Crippen LogP contribution is 2.24. The summed E-state index contributed by atoms with van der Waals surface area (Å²) in [6, 6.07) is 11.5. The maximum atomic E-state index is 12.0. The van der Waals surface area contributed by atoms with Crippen LogP contribution in [0.3, 0.4) is 0 Å². The highest BCUT2D eigenvalue weighted by atomic mass is 35.5. The number of anilines is 1. The Morgan fingerprint density at radius 2 is 1.70 bits per heavy atom. The van der Waals surface area contributed by atoms with E-state index in [2.05, 4.69) is 15.3 Å². The van der Waals surface area contributed by atoms with Crippen LogP contribution in [-0.2, 0) is 0 Å². The minimum absolute atomic E-state index is 0.137. The minimum Gasteiger partial charge on any atom is -0.406 e. The quantitative estimate of drug-likeness (QED) is 0.497. The summed E-state index contributed by atoms with van der Waals surface area (Å²) in [5.41, 5.74) is 4.13. The van der Waals surface area contributed by atoms with Gasteiger partial charge in [0.25, 0.3) is 0 Å². The summed E-state index contributed by atoms with van der Waals surface area (Å²) in [4.78, 5) is 10.6. The smallest absolute Gasteiger partial charge is 0.406 e. The Bertz CT molecular complexity index is 698. The van der Waals surface area contributed by atoms with Gasteiger partial charge in [0.05, 0.1) is 5.69 Å². The number of benzene rings is 2. The number of carbonyl (C=O) groups excluding carboxylic acids is 1. The topological polar surface area (TPSA) is 50.7 Å². The van der Waals surface area contributed by atoms with Crippen molar-refractivity contribution < 1.29 is 22.7 Å². The zero-order valence-electron chi connectivity index (χ0n) is 11.5. The number of hydrogen-bond donors (Lipinski definition) is 1. The molecule has 120 valence electrons. The van der Waals surface area contributed by atoms with Gasteiger partial charge in [-0.05, 0) is 24.3 Å². The number of nitrogens with zero attached hydrogens (tertiary/aromatic N) is 1. The molecule has 0 fully saturated rings. The third-order valence-corrected chi connectivity index (χ3v) is 2.96. The molecule has 0 atom stereocenters. The lowest BCUT2D eigenvalue weighted by molar-refractivity contribution is -0.274. The van der Waals surface area contributed by atoms with Crippen LogP contribution in [-0.4, -0.2) is 17.8 Å². The molecule has 0 aliphatic rings. The Kier molecular flexibility index (Phi) is 5.23. The number of nitrogens with one attached hydrogen (secondary N) is 1. The molecule has 0 amide bonds. The number of hydrogen-bond acceptors (Lipinski definition) is 4. The van der Waals surface area contributed by atoms with Crippen molar-refractivity contribution in [3.8, 4) is 5.75 Å². The zero-order valence-corrected chi connectivity index (χ0v) is 12.2. The van der Waals surface area contributed by atoms with Crippen LogP contribution in [0.1, 0.15) is 15.9 Å². The Morgan fingerprint density at radius 1 is 1.09 bits per heavy atom. The fraction of sp³-hybridized carbons (Fsp3) is 0.0667. The molecule has 0 aromatic heterocycles. The Hall–Kier alpha value is -2.54. The first-order valence-corrected chi connectivity index (χ1v) is 6.66. The highest BCUT2D eigenvalue weighted by molar-refractivity contribution is 6.69. The Morgan fingerprint density at radius 3 is 2.22 bits per heavy atom. The molecule has 0 saturated heterocycles. The van der Waals surface area contributed by atoms with Crippen LogP contribution in [0.25, 0.3) is 0 Å². The molecular formula is C15H10ClF3N2O2. The van der Waals surface area contributed by atoms with Crippen molar-refractivity contribution >= 4 is 28.7 Å². The van der Waals surface area contributed by atoms with E-state index >= 15 is 0 Å². The van der Waals surface area contributed by atoms with Crippen molar-refractivity contribution in [2.24, 2.45) is 5.10 Å². The largest absolute Gasteiger partial charge is 0.573 e. The second-order valence-electron chi connectivity index (χ2n) is 4.33. The third kappa shape index (κ3) is 5.30. The van der Waals surface area contributed by atoms with E-state index in [-0.39, 0.29) is 10.9 Å². The predicted octanol–water partition coefficient (Wildman–Crippen LogP) is 4.41. The number of carbonyl (C=O) groups is 1. The van der Waals surface area contributed by atoms with Crippen molar-refractivity contribution in [1.29, 1.82) is 0 Å². The van der Waals surface area contributed by atoms with Crippen LogP contribution >= 0.6 is 11.6 Å². The maximum Gasteiger partial charge on any atom is 0.573 e. The van der Waals surface area contributed by atoms with E-state index in [0.29, 0.717) is 23.1 Å². The molecule has 0 unspecified atom stereocenters. The summed E-state index contributed by atoms with van der Waals surface area (Å²) in [5, 5.41) is 4.04. The molecule has 0 radical (unpaired) electrons. The lowest BCUT2D eigenvalue weighted by atomic mass is 10.2. The fourth-order valence-corrected chi connectivity index (χ4v) is 1.78. The molecule has 0 aliphatic heterocycles. The van der Waals surface area contributed by atoms with Crippen molar-refractivity contribution in [1.82, 2.24) is 0 Å². The number of ether oxygens (including phenoxy) is 1. The van der Waals surface area contributed by atoms with E-state index in [1.54, 1.807) is 24.3 Å². The molecule has 4 nitrogen and oxygen atoms in total. The second kappa shape index (κ2) is 7.15. The summed E-state index contributed by atoms with van der Waals surface area (Å²) in [6.45, 7) is 0. The molecule has 1 N–H and O–H groups in total. The number of aldehydes is 1. The summed E-state index contributed by atoms with van der Waals surface area (Å²) in [5.74, 6) is -0.331. The fourth-order valence-electron chi connectivity index (χ4n) is 1.61. The van der Waals surface area contributed by atoms with Crippen molar-refractivity contribution in [2.45, 2.75) is 6.36 Å². The van der Waals surface area contributed by atoms with Gasteiger partial charge in [-0.15, -0.1) is 13.2 Å². The Balaban J connectivity index is 2.02. The van der Waals surface area contributed by atoms with E-state index in [0.717, 1.165) is 12.1 Å². The molecule has 23 heavy (non-hydrogen) atoms. The molecule has 2 aromatic rings. The van der Waals surface area contributed by atoms with Gasteiger partial charge in [-0.1, -0.05) is 35.9 Å². The third-order valence-electron chi connectivity index (χ3n) is 2.66. The molecule has 0 saturated carbocycles. The van der Waals surface area contributed by atoms with E-state index in [4.69, 9.17) is 11.6 Å². The first-order chi connectivity index (χ1) is 10.9. The number of alkyl halides is 3. The van der Waals surface area contributed by atoms with Gasteiger partial charge in [-0.3, -0.25) is 10.2 Å². The van der Waals surface area contributed by atoms with Gasteiger partial charge in [0, 0.05) is 11.1 Å². The van der Waals surface area contributed by atoms with Crippen LogP contribution in [0, 0.1) is 0 Å². The van der Waals surface area contributed by atoms with Gasteiger partial charge in [0.15, 0.2) is 5.17 Å². The molecule has 2 aromatic carbocycles. The van der Waals surface area contributed by atoms with E-state index < -0.39 is 6.36 Å². The normalized spacial score (nSPS) is 11.9. The number of halogens is 4. The highest BCUT2D eigenvalue weighted by Gasteiger charge is 2.30. The van der Waals surface area contributed by atoms with Gasteiger partial charge in [0.1, 0.15) is 12.0 Å². The van der Waals surface area contributed by atoms with E-state index in [1.807, 2.05) is 0 Å². The first-order valence-electron chi connectivity index (χ1n) is 6.28. The van der Waals surface area contributed by atoms with Crippen LogP contribution in [0.2, 0.25) is 0 Å². The van der Waals surface area contributed by atoms with Crippen LogP contribution in [0.5, 0.6) is 5.75 Å². The summed E-state index contributed by atoms with van der Waals surface area (Å²) in [7, 11) is 0. The average Bonchev–Trinajstić information content (AvgIpc) is 2.52. The van der Waals surface area contributed by atoms with Crippen LogP contribution in [0.15, 0.2) is 53.6 Å². The minimum atomic E-state index is -4.73. The van der Waals surface area contributed by atoms with Gasteiger partial charge in [0.2, 0.25) is 0 Å². The maximum absolute atomic E-state index is 12.0. The molecule has 0 heterocycles. The first kappa shape index (κ1) is 16.8. The van der Waals surface area contributed by atoms with Gasteiger partial charge in [-0.2, -0.15) is 5.10 Å². The SMILES string of the molecule is O=Cc1ccc(/C(Cl)=N/Nc2ccc(OC(F)(F)F)cc2)cc1. The number of hydrazone groups is 1. The molecule has 2 rings (SSSR count). The molecular weight excluding hydrogens is 333 g/mol. The zero-order chi connectivity index (χ0) is 16.9. The van der Waals surface area contributed by atoms with Gasteiger partial charge >= 0.3 is 6.36 Å². The summed E-state index contributed by atoms with van der Waals surface area (Å²) < 4.78 is 39.9. The lowest BCUT2D eigenvalue weighted by Crippen LogP contribution is -2.16. The molecule has 0 bridgehead atoms. The van der Waals surface area contributed by atoms with Gasteiger partial charge < -0.3 is 4.74 Å². The molecule has 0 spiro atoms. The average molecular weight is 343 g/mol. The number of rotatable bonds is 5. The predicted molar refractivity (Wildman–Crippen MR) is 81.0 cm³/mol. The summed E-state index contributed by atoms with van der Waals surface area (Å²) >= 11 is 6.00. The standard InChI is InChI=1S/C15H10ClF3N2O2/c16-14(11-3-1-10(9-22)2-4-11)21-20-12-5-7-13(8-6-12)23-15(17,18)19/h1-9,20H/b21-14-. The summed E-state index contributed by atoms with van der Waals surface area (Å²) in [6.07, 6.45) is -4.03. The van der Waals surface area contributed by atoms with Crippen LogP contribution in [0.4, 0.5) is 18.9 Å². The second-order valence-corrected chi connectivity index (χ2v) is 4.68.